The van der Waals surface area contributed by atoms with Crippen LogP contribution in [0.2, 0.25) is 0 Å². The Hall–Kier alpha value is -1.02. The molecule has 0 saturated heterocycles. The van der Waals surface area contributed by atoms with Crippen LogP contribution >= 0.6 is 0 Å². The Labute approximate surface area is 79.4 Å². The van der Waals surface area contributed by atoms with Gasteiger partial charge in [-0.1, -0.05) is 26.0 Å². The van der Waals surface area contributed by atoms with E-state index in [4.69, 9.17) is 5.73 Å². The van der Waals surface area contributed by atoms with Crippen molar-refractivity contribution in [3.8, 4) is 5.75 Å². The van der Waals surface area contributed by atoms with Crippen LogP contribution < -0.4 is 5.73 Å². The van der Waals surface area contributed by atoms with Crippen molar-refractivity contribution in [2.75, 3.05) is 0 Å². The molecule has 3 N–H and O–H groups in total. The molecular formula is C11H17NO. The first-order valence-corrected chi connectivity index (χ1v) is 4.77. The molecule has 1 aromatic rings. The number of phenols is 1. The van der Waals surface area contributed by atoms with Gasteiger partial charge < -0.3 is 10.8 Å². The molecule has 0 aliphatic rings. The summed E-state index contributed by atoms with van der Waals surface area (Å²) in [5.41, 5.74) is 7.99. The Balaban J connectivity index is 3.12. The molecule has 0 bridgehead atoms. The maximum absolute atomic E-state index is 9.58. The van der Waals surface area contributed by atoms with Gasteiger partial charge in [-0.2, -0.15) is 0 Å². The highest BCUT2D eigenvalue weighted by molar-refractivity contribution is 5.40. The van der Waals surface area contributed by atoms with Gasteiger partial charge in [0.05, 0.1) is 0 Å². The van der Waals surface area contributed by atoms with Crippen molar-refractivity contribution in [2.24, 2.45) is 5.73 Å². The summed E-state index contributed by atoms with van der Waals surface area (Å²) in [4.78, 5) is 0. The molecule has 0 aromatic heterocycles. The molecule has 0 saturated carbocycles. The van der Waals surface area contributed by atoms with Gasteiger partial charge in [0.25, 0.3) is 0 Å². The quantitative estimate of drug-likeness (QED) is 0.748. The molecule has 1 rings (SSSR count). The van der Waals surface area contributed by atoms with Gasteiger partial charge in [0, 0.05) is 6.04 Å². The Kier molecular flexibility index (Phi) is 3.32. The molecule has 1 aromatic carbocycles. The van der Waals surface area contributed by atoms with E-state index < -0.39 is 0 Å². The van der Waals surface area contributed by atoms with Crippen molar-refractivity contribution in [1.82, 2.24) is 0 Å². The second-order valence-electron chi connectivity index (χ2n) is 3.21. The molecular weight excluding hydrogens is 162 g/mol. The van der Waals surface area contributed by atoms with E-state index >= 15 is 0 Å². The third-order valence-corrected chi connectivity index (χ3v) is 2.38. The van der Waals surface area contributed by atoms with Gasteiger partial charge >= 0.3 is 0 Å². The number of phenolic OH excluding ortho intramolecular Hbond substituents is 1. The normalized spacial score (nSPS) is 12.8. The average molecular weight is 179 g/mol. The predicted molar refractivity (Wildman–Crippen MR) is 54.7 cm³/mol. The van der Waals surface area contributed by atoms with Crippen LogP contribution in [0.1, 0.15) is 37.4 Å². The first-order chi connectivity index (χ1) is 6.20. The van der Waals surface area contributed by atoms with E-state index in [0.29, 0.717) is 5.75 Å². The van der Waals surface area contributed by atoms with Crippen molar-refractivity contribution in [1.29, 1.82) is 0 Å². The molecule has 0 radical (unpaired) electrons. The Morgan fingerprint density at radius 1 is 1.38 bits per heavy atom. The standard InChI is InChI=1S/C11H17NO/c1-3-8-9(10(12)4-2)6-5-7-11(8)13/h5-7,10,13H,3-4,12H2,1-2H3/t10-/m1/s1. The number of hydrogen-bond donors (Lipinski definition) is 2. The number of hydrogen-bond acceptors (Lipinski definition) is 2. The summed E-state index contributed by atoms with van der Waals surface area (Å²) >= 11 is 0. The zero-order valence-corrected chi connectivity index (χ0v) is 8.25. The highest BCUT2D eigenvalue weighted by Crippen LogP contribution is 2.26. The molecule has 13 heavy (non-hydrogen) atoms. The largest absolute Gasteiger partial charge is 0.508 e. The number of nitrogens with two attached hydrogens (primary N) is 1. The lowest BCUT2D eigenvalue weighted by Crippen LogP contribution is -2.11. The van der Waals surface area contributed by atoms with Gasteiger partial charge in [0.15, 0.2) is 0 Å². The summed E-state index contributed by atoms with van der Waals surface area (Å²) in [6.07, 6.45) is 1.73. The Morgan fingerprint density at radius 2 is 2.08 bits per heavy atom. The molecule has 72 valence electrons. The van der Waals surface area contributed by atoms with Crippen LogP contribution in [0.3, 0.4) is 0 Å². The third-order valence-electron chi connectivity index (χ3n) is 2.38. The molecule has 0 unspecified atom stereocenters. The topological polar surface area (TPSA) is 46.2 Å². The van der Waals surface area contributed by atoms with Crippen molar-refractivity contribution in [3.05, 3.63) is 29.3 Å². The number of rotatable bonds is 3. The molecule has 0 spiro atoms. The zero-order chi connectivity index (χ0) is 9.84. The van der Waals surface area contributed by atoms with Crippen molar-refractivity contribution >= 4 is 0 Å². The lowest BCUT2D eigenvalue weighted by Gasteiger charge is -2.14. The predicted octanol–water partition coefficient (Wildman–Crippen LogP) is 2.36. The summed E-state index contributed by atoms with van der Waals surface area (Å²) in [5.74, 6) is 0.365. The van der Waals surface area contributed by atoms with Crippen molar-refractivity contribution < 1.29 is 5.11 Å². The lowest BCUT2D eigenvalue weighted by atomic mass is 9.97. The fourth-order valence-electron chi connectivity index (χ4n) is 1.54. The highest BCUT2D eigenvalue weighted by atomic mass is 16.3. The van der Waals surface area contributed by atoms with E-state index in [2.05, 4.69) is 0 Å². The summed E-state index contributed by atoms with van der Waals surface area (Å²) < 4.78 is 0. The third kappa shape index (κ3) is 2.01. The first-order valence-electron chi connectivity index (χ1n) is 4.77. The van der Waals surface area contributed by atoms with E-state index in [1.165, 1.54) is 0 Å². The first kappa shape index (κ1) is 10.1. The summed E-state index contributed by atoms with van der Waals surface area (Å²) in [7, 11) is 0. The molecule has 0 aliphatic heterocycles. The molecule has 1 atom stereocenters. The monoisotopic (exact) mass is 179 g/mol. The fourth-order valence-corrected chi connectivity index (χ4v) is 1.54. The molecule has 2 heteroatoms. The smallest absolute Gasteiger partial charge is 0.119 e. The Morgan fingerprint density at radius 3 is 2.62 bits per heavy atom. The van der Waals surface area contributed by atoms with E-state index in [1.54, 1.807) is 6.07 Å². The highest BCUT2D eigenvalue weighted by Gasteiger charge is 2.10. The zero-order valence-electron chi connectivity index (χ0n) is 8.25. The van der Waals surface area contributed by atoms with Crippen LogP contribution in [-0.2, 0) is 6.42 Å². The van der Waals surface area contributed by atoms with Crippen LogP contribution in [-0.4, -0.2) is 5.11 Å². The van der Waals surface area contributed by atoms with Gasteiger partial charge in [-0.3, -0.25) is 0 Å². The van der Waals surface area contributed by atoms with Gasteiger partial charge in [-0.05, 0) is 30.0 Å². The minimum Gasteiger partial charge on any atom is -0.508 e. The second kappa shape index (κ2) is 4.28. The fraction of sp³-hybridized carbons (Fsp3) is 0.455. The van der Waals surface area contributed by atoms with E-state index in [0.717, 1.165) is 24.0 Å². The van der Waals surface area contributed by atoms with Crippen molar-refractivity contribution in [2.45, 2.75) is 32.7 Å². The molecule has 2 nitrogen and oxygen atoms in total. The minimum atomic E-state index is 0.0436. The van der Waals surface area contributed by atoms with Crippen molar-refractivity contribution in [3.63, 3.8) is 0 Å². The van der Waals surface area contributed by atoms with E-state index in [1.807, 2.05) is 26.0 Å². The van der Waals surface area contributed by atoms with Gasteiger partial charge in [-0.25, -0.2) is 0 Å². The molecule has 0 fully saturated rings. The van der Waals surface area contributed by atoms with Crippen LogP contribution in [0, 0.1) is 0 Å². The number of benzene rings is 1. The van der Waals surface area contributed by atoms with Crippen LogP contribution in [0.4, 0.5) is 0 Å². The summed E-state index contributed by atoms with van der Waals surface area (Å²) in [6, 6.07) is 5.60. The van der Waals surface area contributed by atoms with Gasteiger partial charge in [0.2, 0.25) is 0 Å². The average Bonchev–Trinajstić information content (AvgIpc) is 2.16. The molecule has 0 heterocycles. The van der Waals surface area contributed by atoms with Crippen LogP contribution in [0.25, 0.3) is 0 Å². The lowest BCUT2D eigenvalue weighted by molar-refractivity contribution is 0.466. The summed E-state index contributed by atoms with van der Waals surface area (Å²) in [6.45, 7) is 4.08. The maximum atomic E-state index is 9.58. The SMILES string of the molecule is CCc1c(O)cccc1[C@H](N)CC. The summed E-state index contributed by atoms with van der Waals surface area (Å²) in [5, 5.41) is 9.58. The van der Waals surface area contributed by atoms with E-state index in [-0.39, 0.29) is 6.04 Å². The van der Waals surface area contributed by atoms with Gasteiger partial charge in [-0.15, -0.1) is 0 Å². The maximum Gasteiger partial charge on any atom is 0.119 e. The van der Waals surface area contributed by atoms with Crippen LogP contribution in [0.5, 0.6) is 5.75 Å². The number of aromatic hydroxyl groups is 1. The molecule has 0 amide bonds. The molecule has 0 aliphatic carbocycles. The van der Waals surface area contributed by atoms with E-state index in [9.17, 15) is 5.11 Å². The van der Waals surface area contributed by atoms with Crippen LogP contribution in [0.15, 0.2) is 18.2 Å². The van der Waals surface area contributed by atoms with Gasteiger partial charge in [0.1, 0.15) is 5.75 Å². The second-order valence-corrected chi connectivity index (χ2v) is 3.21. The minimum absolute atomic E-state index is 0.0436. The Bertz CT molecular complexity index is 283.